The number of carbonyl (C=O) groups is 1. The van der Waals surface area contributed by atoms with Crippen LogP contribution < -0.4 is 15.4 Å². The van der Waals surface area contributed by atoms with Gasteiger partial charge >= 0.3 is 0 Å². The maximum Gasteiger partial charge on any atom is 0.258 e. The van der Waals surface area contributed by atoms with Crippen molar-refractivity contribution in [2.75, 3.05) is 11.9 Å². The third-order valence-corrected chi connectivity index (χ3v) is 7.29. The number of hydrogen-bond acceptors (Lipinski definition) is 7. The van der Waals surface area contributed by atoms with Crippen molar-refractivity contribution in [3.05, 3.63) is 72.4 Å². The van der Waals surface area contributed by atoms with Crippen LogP contribution in [0.1, 0.15) is 25.7 Å². The van der Waals surface area contributed by atoms with Gasteiger partial charge in [0.1, 0.15) is 16.4 Å². The first kappa shape index (κ1) is 23.2. The Morgan fingerprint density at radius 3 is 2.70 bits per heavy atom. The van der Waals surface area contributed by atoms with E-state index >= 15 is 0 Å². The molecule has 0 spiro atoms. The summed E-state index contributed by atoms with van der Waals surface area (Å²) in [6.07, 6.45) is 8.12. The number of benzene rings is 2. The van der Waals surface area contributed by atoms with E-state index in [0.29, 0.717) is 11.6 Å². The van der Waals surface area contributed by atoms with E-state index in [4.69, 9.17) is 14.7 Å². The Morgan fingerprint density at radius 1 is 1.03 bits per heavy atom. The quantitative estimate of drug-likeness (QED) is 0.239. The third-order valence-electron chi connectivity index (χ3n) is 6.49. The van der Waals surface area contributed by atoms with Gasteiger partial charge in [-0.15, -0.1) is 11.3 Å². The molecule has 6 rings (SSSR count). The summed E-state index contributed by atoms with van der Waals surface area (Å²) < 4.78 is 5.79. The molecule has 5 aromatic rings. The number of anilines is 2. The van der Waals surface area contributed by atoms with Crippen molar-refractivity contribution in [1.29, 1.82) is 0 Å². The van der Waals surface area contributed by atoms with Gasteiger partial charge in [-0.3, -0.25) is 9.89 Å². The zero-order chi connectivity index (χ0) is 25.0. The molecule has 3 heterocycles. The van der Waals surface area contributed by atoms with Gasteiger partial charge in [0.2, 0.25) is 0 Å². The molecule has 9 heteroatoms. The van der Waals surface area contributed by atoms with Gasteiger partial charge < -0.3 is 15.4 Å². The lowest BCUT2D eigenvalue weighted by molar-refractivity contribution is -0.123. The monoisotopic (exact) mass is 510 g/mol. The van der Waals surface area contributed by atoms with Gasteiger partial charge in [-0.2, -0.15) is 5.10 Å². The van der Waals surface area contributed by atoms with Crippen LogP contribution in [0.5, 0.6) is 5.75 Å². The van der Waals surface area contributed by atoms with Crippen molar-refractivity contribution < 1.29 is 9.53 Å². The number of aromatic nitrogens is 4. The lowest BCUT2D eigenvalue weighted by Gasteiger charge is -2.13. The first-order valence-corrected chi connectivity index (χ1v) is 13.2. The molecule has 3 aromatic heterocycles. The number of hydrogen-bond donors (Lipinski definition) is 3. The summed E-state index contributed by atoms with van der Waals surface area (Å²) in [5.74, 6) is 1.85. The lowest BCUT2D eigenvalue weighted by Crippen LogP contribution is -2.36. The molecule has 1 aliphatic rings. The van der Waals surface area contributed by atoms with E-state index in [1.54, 1.807) is 17.5 Å². The summed E-state index contributed by atoms with van der Waals surface area (Å²) in [6, 6.07) is 18.0. The van der Waals surface area contributed by atoms with Gasteiger partial charge in [-0.1, -0.05) is 37.1 Å². The molecule has 1 amide bonds. The van der Waals surface area contributed by atoms with Gasteiger partial charge in [-0.05, 0) is 54.1 Å². The highest BCUT2D eigenvalue weighted by molar-refractivity contribution is 7.16. The first-order chi connectivity index (χ1) is 18.2. The SMILES string of the molecule is O=C(COc1cccc(-c2nc(Nc3ccc(-c4cn[nH]c4)cc3)c3ccsc3n2)c1)NC1CCCC1. The van der Waals surface area contributed by atoms with Crippen molar-refractivity contribution in [3.63, 3.8) is 0 Å². The number of thiophene rings is 1. The molecule has 0 saturated heterocycles. The largest absolute Gasteiger partial charge is 0.484 e. The second kappa shape index (κ2) is 10.4. The molecular weight excluding hydrogens is 484 g/mol. The van der Waals surface area contributed by atoms with Crippen LogP contribution >= 0.6 is 11.3 Å². The van der Waals surface area contributed by atoms with Gasteiger partial charge in [0.15, 0.2) is 12.4 Å². The van der Waals surface area contributed by atoms with E-state index in [0.717, 1.165) is 51.3 Å². The summed E-state index contributed by atoms with van der Waals surface area (Å²) >= 11 is 1.57. The van der Waals surface area contributed by atoms with Crippen LogP contribution in [0.15, 0.2) is 72.4 Å². The van der Waals surface area contributed by atoms with Crippen LogP contribution in [0.4, 0.5) is 11.5 Å². The van der Waals surface area contributed by atoms with E-state index in [1.165, 1.54) is 12.8 Å². The van der Waals surface area contributed by atoms with Gasteiger partial charge in [-0.25, -0.2) is 9.97 Å². The molecule has 0 aliphatic heterocycles. The number of ether oxygens (including phenoxy) is 1. The van der Waals surface area contributed by atoms with E-state index in [-0.39, 0.29) is 18.6 Å². The number of H-pyrrole nitrogens is 1. The summed E-state index contributed by atoms with van der Waals surface area (Å²) in [4.78, 5) is 22.8. The zero-order valence-electron chi connectivity index (χ0n) is 20.1. The Labute approximate surface area is 218 Å². The third kappa shape index (κ3) is 5.31. The summed E-state index contributed by atoms with van der Waals surface area (Å²) in [5, 5.41) is 16.3. The number of fused-ring (bicyclic) bond motifs is 1. The lowest BCUT2D eigenvalue weighted by atomic mass is 10.1. The highest BCUT2D eigenvalue weighted by atomic mass is 32.1. The fourth-order valence-electron chi connectivity index (χ4n) is 4.58. The Hall–Kier alpha value is -4.24. The van der Waals surface area contributed by atoms with Crippen molar-refractivity contribution in [2.24, 2.45) is 0 Å². The van der Waals surface area contributed by atoms with E-state index in [1.807, 2.05) is 66.2 Å². The smallest absolute Gasteiger partial charge is 0.258 e. The topological polar surface area (TPSA) is 105 Å². The molecule has 0 bridgehead atoms. The maximum atomic E-state index is 12.3. The molecule has 1 fully saturated rings. The normalized spacial score (nSPS) is 13.6. The maximum absolute atomic E-state index is 12.3. The summed E-state index contributed by atoms with van der Waals surface area (Å²) in [5.41, 5.74) is 3.86. The zero-order valence-corrected chi connectivity index (χ0v) is 20.9. The molecular formula is C28H26N6O2S. The number of aromatic amines is 1. The number of nitrogens with zero attached hydrogens (tertiary/aromatic N) is 3. The molecule has 0 radical (unpaired) electrons. The number of carbonyl (C=O) groups excluding carboxylic acids is 1. The molecule has 2 aromatic carbocycles. The van der Waals surface area contributed by atoms with Crippen molar-refractivity contribution >= 4 is 39.0 Å². The van der Waals surface area contributed by atoms with Gasteiger partial charge in [0.25, 0.3) is 5.91 Å². The molecule has 0 unspecified atom stereocenters. The average Bonchev–Trinajstić information content (AvgIpc) is 3.71. The molecule has 1 aliphatic carbocycles. The summed E-state index contributed by atoms with van der Waals surface area (Å²) in [6.45, 7) is -0.00755. The van der Waals surface area contributed by atoms with Crippen LogP contribution in [0.3, 0.4) is 0 Å². The Morgan fingerprint density at radius 2 is 1.89 bits per heavy atom. The number of nitrogens with one attached hydrogen (secondary N) is 3. The van der Waals surface area contributed by atoms with Crippen molar-refractivity contribution in [1.82, 2.24) is 25.5 Å². The van der Waals surface area contributed by atoms with Crippen LogP contribution in [-0.4, -0.2) is 38.7 Å². The fraction of sp³-hybridized carbons (Fsp3) is 0.214. The van der Waals surface area contributed by atoms with E-state index in [2.05, 4.69) is 20.8 Å². The van der Waals surface area contributed by atoms with E-state index < -0.39 is 0 Å². The van der Waals surface area contributed by atoms with Gasteiger partial charge in [0.05, 0.1) is 11.6 Å². The number of rotatable bonds is 8. The second-order valence-electron chi connectivity index (χ2n) is 9.09. The Balaban J connectivity index is 1.20. The minimum atomic E-state index is -0.0844. The highest BCUT2D eigenvalue weighted by Crippen LogP contribution is 2.32. The molecule has 3 N–H and O–H groups in total. The molecule has 37 heavy (non-hydrogen) atoms. The number of amides is 1. The Bertz CT molecular complexity index is 1510. The summed E-state index contributed by atoms with van der Waals surface area (Å²) in [7, 11) is 0. The second-order valence-corrected chi connectivity index (χ2v) is 9.98. The van der Waals surface area contributed by atoms with Crippen LogP contribution in [-0.2, 0) is 4.79 Å². The Kier molecular flexibility index (Phi) is 6.51. The molecule has 1 saturated carbocycles. The standard InChI is InChI=1S/C28H26N6O2S/c35-25(31-21-5-1-2-6-21)17-36-23-7-3-4-19(14-23)26-33-27(24-12-13-37-28(24)34-26)32-22-10-8-18(9-11-22)20-15-29-30-16-20/h3-4,7-16,21H,1-2,5-6,17H2,(H,29,30)(H,31,35)(H,32,33,34). The van der Waals surface area contributed by atoms with Crippen molar-refractivity contribution in [2.45, 2.75) is 31.7 Å². The molecule has 0 atom stereocenters. The van der Waals surface area contributed by atoms with Crippen LogP contribution in [0.25, 0.3) is 32.7 Å². The fourth-order valence-corrected chi connectivity index (χ4v) is 5.35. The minimum absolute atomic E-state index is 0.00755. The molecule has 186 valence electrons. The average molecular weight is 511 g/mol. The minimum Gasteiger partial charge on any atom is -0.484 e. The van der Waals surface area contributed by atoms with E-state index in [9.17, 15) is 4.79 Å². The van der Waals surface area contributed by atoms with Crippen LogP contribution in [0, 0.1) is 0 Å². The predicted octanol–water partition coefficient (Wildman–Crippen LogP) is 5.93. The van der Waals surface area contributed by atoms with Crippen molar-refractivity contribution in [3.8, 4) is 28.3 Å². The first-order valence-electron chi connectivity index (χ1n) is 12.4. The predicted molar refractivity (Wildman–Crippen MR) is 146 cm³/mol. The van der Waals surface area contributed by atoms with Gasteiger partial charge in [0, 0.05) is 29.1 Å². The van der Waals surface area contributed by atoms with Crippen LogP contribution in [0.2, 0.25) is 0 Å². The highest BCUT2D eigenvalue weighted by Gasteiger charge is 2.17. The molecule has 8 nitrogen and oxygen atoms in total.